The lowest BCUT2D eigenvalue weighted by atomic mass is 10.1. The molecule has 3 heteroatoms. The molecular formula is C14H19N3. The predicted molar refractivity (Wildman–Crippen MR) is 71.6 cm³/mol. The average molecular weight is 229 g/mol. The zero-order chi connectivity index (χ0) is 12.1. The quantitative estimate of drug-likeness (QED) is 0.849. The van der Waals surface area contributed by atoms with Crippen molar-refractivity contribution in [2.45, 2.75) is 33.2 Å². The third kappa shape index (κ3) is 2.87. The highest BCUT2D eigenvalue weighted by Crippen LogP contribution is 2.17. The van der Waals surface area contributed by atoms with Gasteiger partial charge in [0.1, 0.15) is 0 Å². The zero-order valence-electron chi connectivity index (χ0n) is 10.5. The number of anilines is 2. The van der Waals surface area contributed by atoms with E-state index in [2.05, 4.69) is 53.0 Å². The Bertz CT molecular complexity index is 474. The van der Waals surface area contributed by atoms with E-state index in [1.807, 2.05) is 12.4 Å². The Balaban J connectivity index is 2.16. The molecule has 0 aliphatic rings. The average Bonchev–Trinajstić information content (AvgIpc) is 2.78. The molecule has 1 N–H and O–H groups in total. The molecule has 1 aromatic heterocycles. The van der Waals surface area contributed by atoms with Crippen molar-refractivity contribution in [3.05, 3.63) is 42.2 Å². The largest absolute Gasteiger partial charge is 0.326 e. The van der Waals surface area contributed by atoms with Gasteiger partial charge in [-0.15, -0.1) is 0 Å². The SMILES string of the molecule is CCCn1ccnc1Nc1cccc(CC)c1. The maximum Gasteiger partial charge on any atom is 0.207 e. The van der Waals surface area contributed by atoms with Crippen molar-refractivity contribution in [2.24, 2.45) is 0 Å². The van der Waals surface area contributed by atoms with Gasteiger partial charge < -0.3 is 9.88 Å². The standard InChI is InChI=1S/C14H19N3/c1-3-9-17-10-8-15-14(17)16-13-7-5-6-12(4-2)11-13/h5-8,10-11H,3-4,9H2,1-2H3,(H,15,16). The summed E-state index contributed by atoms with van der Waals surface area (Å²) in [6.45, 7) is 5.33. The first-order valence-corrected chi connectivity index (χ1v) is 6.20. The lowest BCUT2D eigenvalue weighted by molar-refractivity contribution is 0.686. The van der Waals surface area contributed by atoms with Gasteiger partial charge in [0.25, 0.3) is 0 Å². The molecule has 0 fully saturated rings. The minimum atomic E-state index is 0.917. The number of aryl methyl sites for hydroxylation is 2. The van der Waals surface area contributed by atoms with E-state index in [0.29, 0.717) is 0 Å². The van der Waals surface area contributed by atoms with Crippen LogP contribution in [0.5, 0.6) is 0 Å². The summed E-state index contributed by atoms with van der Waals surface area (Å²) in [4.78, 5) is 4.34. The lowest BCUT2D eigenvalue weighted by Gasteiger charge is -2.09. The maximum absolute atomic E-state index is 4.34. The second kappa shape index (κ2) is 5.53. The van der Waals surface area contributed by atoms with Crippen molar-refractivity contribution in [1.82, 2.24) is 9.55 Å². The second-order valence-electron chi connectivity index (χ2n) is 4.12. The fourth-order valence-corrected chi connectivity index (χ4v) is 1.85. The van der Waals surface area contributed by atoms with Gasteiger partial charge in [-0.05, 0) is 30.5 Å². The number of hydrogen-bond acceptors (Lipinski definition) is 2. The van der Waals surface area contributed by atoms with Crippen LogP contribution in [-0.4, -0.2) is 9.55 Å². The van der Waals surface area contributed by atoms with E-state index in [1.54, 1.807) is 0 Å². The Morgan fingerprint density at radius 2 is 2.18 bits per heavy atom. The number of nitrogens with zero attached hydrogens (tertiary/aromatic N) is 2. The number of hydrogen-bond donors (Lipinski definition) is 1. The molecule has 1 heterocycles. The van der Waals surface area contributed by atoms with E-state index >= 15 is 0 Å². The molecule has 0 saturated carbocycles. The summed E-state index contributed by atoms with van der Waals surface area (Å²) in [7, 11) is 0. The molecule has 0 atom stereocenters. The first-order chi connectivity index (χ1) is 8.33. The minimum Gasteiger partial charge on any atom is -0.326 e. The van der Waals surface area contributed by atoms with Gasteiger partial charge in [0.2, 0.25) is 5.95 Å². The molecule has 1 aromatic carbocycles. The summed E-state index contributed by atoms with van der Waals surface area (Å²) in [6.07, 6.45) is 6.01. The molecule has 17 heavy (non-hydrogen) atoms. The fourth-order valence-electron chi connectivity index (χ4n) is 1.85. The Morgan fingerprint density at radius 3 is 2.94 bits per heavy atom. The third-order valence-corrected chi connectivity index (χ3v) is 2.77. The Morgan fingerprint density at radius 1 is 1.29 bits per heavy atom. The molecule has 0 bridgehead atoms. The number of benzene rings is 1. The maximum atomic E-state index is 4.34. The molecule has 0 radical (unpaired) electrons. The van der Waals surface area contributed by atoms with Crippen molar-refractivity contribution in [1.29, 1.82) is 0 Å². The minimum absolute atomic E-state index is 0.917. The molecule has 0 amide bonds. The summed E-state index contributed by atoms with van der Waals surface area (Å²) in [5.74, 6) is 0.917. The molecule has 0 aliphatic heterocycles. The van der Waals surface area contributed by atoms with Crippen LogP contribution in [0.3, 0.4) is 0 Å². The van der Waals surface area contributed by atoms with Crippen LogP contribution in [0.15, 0.2) is 36.7 Å². The summed E-state index contributed by atoms with van der Waals surface area (Å²) in [5, 5.41) is 3.36. The number of rotatable bonds is 5. The lowest BCUT2D eigenvalue weighted by Crippen LogP contribution is -2.02. The molecule has 0 aliphatic carbocycles. The van der Waals surface area contributed by atoms with E-state index in [1.165, 1.54) is 5.56 Å². The van der Waals surface area contributed by atoms with Gasteiger partial charge in [-0.3, -0.25) is 0 Å². The molecule has 3 nitrogen and oxygen atoms in total. The summed E-state index contributed by atoms with van der Waals surface area (Å²) in [5.41, 5.74) is 2.44. The highest BCUT2D eigenvalue weighted by atomic mass is 15.2. The Hall–Kier alpha value is -1.77. The Labute approximate surface area is 103 Å². The number of aromatic nitrogens is 2. The Kier molecular flexibility index (Phi) is 3.81. The fraction of sp³-hybridized carbons (Fsp3) is 0.357. The van der Waals surface area contributed by atoms with Crippen molar-refractivity contribution < 1.29 is 0 Å². The summed E-state index contributed by atoms with van der Waals surface area (Å²) < 4.78 is 2.14. The van der Waals surface area contributed by atoms with E-state index in [-0.39, 0.29) is 0 Å². The van der Waals surface area contributed by atoms with Crippen molar-refractivity contribution in [3.63, 3.8) is 0 Å². The van der Waals surface area contributed by atoms with Crippen LogP contribution in [0.4, 0.5) is 11.6 Å². The van der Waals surface area contributed by atoms with E-state index in [9.17, 15) is 0 Å². The van der Waals surface area contributed by atoms with E-state index in [0.717, 1.165) is 31.0 Å². The number of imidazole rings is 1. The molecule has 2 aromatic rings. The molecule has 0 unspecified atom stereocenters. The molecule has 0 saturated heterocycles. The highest BCUT2D eigenvalue weighted by Gasteiger charge is 2.02. The number of nitrogens with one attached hydrogen (secondary N) is 1. The van der Waals surface area contributed by atoms with Crippen molar-refractivity contribution >= 4 is 11.6 Å². The monoisotopic (exact) mass is 229 g/mol. The second-order valence-corrected chi connectivity index (χ2v) is 4.12. The van der Waals surface area contributed by atoms with Crippen molar-refractivity contribution in [3.8, 4) is 0 Å². The third-order valence-electron chi connectivity index (χ3n) is 2.77. The molecule has 0 spiro atoms. The van der Waals surface area contributed by atoms with Gasteiger partial charge in [-0.2, -0.15) is 0 Å². The van der Waals surface area contributed by atoms with Crippen LogP contribution < -0.4 is 5.32 Å². The van der Waals surface area contributed by atoms with Crippen LogP contribution in [0, 0.1) is 0 Å². The van der Waals surface area contributed by atoms with Gasteiger partial charge in [0.15, 0.2) is 0 Å². The van der Waals surface area contributed by atoms with Gasteiger partial charge in [0, 0.05) is 24.6 Å². The van der Waals surface area contributed by atoms with Gasteiger partial charge in [0.05, 0.1) is 0 Å². The summed E-state index contributed by atoms with van der Waals surface area (Å²) in [6, 6.07) is 8.47. The zero-order valence-corrected chi connectivity index (χ0v) is 10.5. The molecular weight excluding hydrogens is 210 g/mol. The predicted octanol–water partition coefficient (Wildman–Crippen LogP) is 3.60. The van der Waals surface area contributed by atoms with Crippen LogP contribution in [-0.2, 0) is 13.0 Å². The van der Waals surface area contributed by atoms with Crippen LogP contribution in [0.25, 0.3) is 0 Å². The van der Waals surface area contributed by atoms with Crippen LogP contribution in [0.2, 0.25) is 0 Å². The molecule has 90 valence electrons. The highest BCUT2D eigenvalue weighted by molar-refractivity contribution is 5.54. The van der Waals surface area contributed by atoms with Gasteiger partial charge in [-0.1, -0.05) is 26.0 Å². The normalized spacial score (nSPS) is 10.5. The smallest absolute Gasteiger partial charge is 0.207 e. The first-order valence-electron chi connectivity index (χ1n) is 6.20. The van der Waals surface area contributed by atoms with E-state index in [4.69, 9.17) is 0 Å². The summed E-state index contributed by atoms with van der Waals surface area (Å²) >= 11 is 0. The van der Waals surface area contributed by atoms with Crippen molar-refractivity contribution in [2.75, 3.05) is 5.32 Å². The van der Waals surface area contributed by atoms with E-state index < -0.39 is 0 Å². The van der Waals surface area contributed by atoms with Crippen LogP contribution in [0.1, 0.15) is 25.8 Å². The topological polar surface area (TPSA) is 29.9 Å². The van der Waals surface area contributed by atoms with Gasteiger partial charge in [-0.25, -0.2) is 4.98 Å². The molecule has 2 rings (SSSR count). The van der Waals surface area contributed by atoms with Crippen LogP contribution >= 0.6 is 0 Å². The first kappa shape index (κ1) is 11.7. The van der Waals surface area contributed by atoms with Gasteiger partial charge >= 0.3 is 0 Å².